The third-order valence-corrected chi connectivity index (χ3v) is 5.90. The molecule has 0 spiro atoms. The lowest BCUT2D eigenvalue weighted by Crippen LogP contribution is -2.50. The van der Waals surface area contributed by atoms with Crippen LogP contribution >= 0.6 is 0 Å². The van der Waals surface area contributed by atoms with Gasteiger partial charge in [-0.15, -0.1) is 0 Å². The SMILES string of the molecule is CCCC(C)N(C)S(=O)(=O)N1CCCC(CN)C1. The van der Waals surface area contributed by atoms with Gasteiger partial charge in [-0.1, -0.05) is 13.3 Å². The molecule has 2 N–H and O–H groups in total. The standard InChI is InChI=1S/C12H27N3O2S/c1-4-6-11(2)14(3)18(16,17)15-8-5-7-12(9-13)10-15/h11-12H,4-10,13H2,1-3H3. The molecule has 1 aliphatic heterocycles. The highest BCUT2D eigenvalue weighted by molar-refractivity contribution is 7.86. The minimum Gasteiger partial charge on any atom is -0.330 e. The molecule has 0 bridgehead atoms. The van der Waals surface area contributed by atoms with Crippen molar-refractivity contribution in [3.8, 4) is 0 Å². The zero-order valence-corrected chi connectivity index (χ0v) is 12.6. The van der Waals surface area contributed by atoms with Gasteiger partial charge in [-0.25, -0.2) is 0 Å². The molecule has 2 atom stereocenters. The van der Waals surface area contributed by atoms with Crippen molar-refractivity contribution in [3.05, 3.63) is 0 Å². The van der Waals surface area contributed by atoms with Crippen LogP contribution in [0.3, 0.4) is 0 Å². The molecular formula is C12H27N3O2S. The van der Waals surface area contributed by atoms with Crippen molar-refractivity contribution in [1.82, 2.24) is 8.61 Å². The van der Waals surface area contributed by atoms with Crippen molar-refractivity contribution in [2.45, 2.75) is 45.6 Å². The molecule has 0 aromatic rings. The maximum atomic E-state index is 12.5. The molecule has 1 fully saturated rings. The second-order valence-corrected chi connectivity index (χ2v) is 7.25. The van der Waals surface area contributed by atoms with Gasteiger partial charge in [0.05, 0.1) is 0 Å². The van der Waals surface area contributed by atoms with E-state index in [4.69, 9.17) is 5.73 Å². The normalized spacial score (nSPS) is 24.4. The summed E-state index contributed by atoms with van der Waals surface area (Å²) in [6, 6.07) is 0.0539. The van der Waals surface area contributed by atoms with Crippen molar-refractivity contribution >= 4 is 10.2 Å². The van der Waals surface area contributed by atoms with E-state index in [0.29, 0.717) is 25.6 Å². The number of rotatable bonds is 6. The Bertz CT molecular complexity index is 345. The summed E-state index contributed by atoms with van der Waals surface area (Å²) in [4.78, 5) is 0. The van der Waals surface area contributed by atoms with Gasteiger partial charge in [-0.3, -0.25) is 0 Å². The first-order valence-corrected chi connectivity index (χ1v) is 8.26. The van der Waals surface area contributed by atoms with E-state index in [-0.39, 0.29) is 6.04 Å². The van der Waals surface area contributed by atoms with Crippen LogP contribution in [0.1, 0.15) is 39.5 Å². The monoisotopic (exact) mass is 277 g/mol. The second-order valence-electron chi connectivity index (χ2n) is 5.26. The van der Waals surface area contributed by atoms with E-state index < -0.39 is 10.2 Å². The number of nitrogens with zero attached hydrogens (tertiary/aromatic N) is 2. The van der Waals surface area contributed by atoms with Gasteiger partial charge >= 0.3 is 0 Å². The fourth-order valence-corrected chi connectivity index (χ4v) is 4.12. The Morgan fingerprint density at radius 2 is 2.17 bits per heavy atom. The fourth-order valence-electron chi connectivity index (χ4n) is 2.44. The Morgan fingerprint density at radius 3 is 2.72 bits per heavy atom. The molecule has 0 aliphatic carbocycles. The summed E-state index contributed by atoms with van der Waals surface area (Å²) >= 11 is 0. The van der Waals surface area contributed by atoms with E-state index in [0.717, 1.165) is 25.7 Å². The Balaban J connectivity index is 2.72. The van der Waals surface area contributed by atoms with Gasteiger partial charge in [0.15, 0.2) is 0 Å². The summed E-state index contributed by atoms with van der Waals surface area (Å²) in [5.41, 5.74) is 5.66. The minimum absolute atomic E-state index is 0.0539. The first-order chi connectivity index (χ1) is 8.43. The van der Waals surface area contributed by atoms with Crippen LogP contribution in [0.15, 0.2) is 0 Å². The maximum absolute atomic E-state index is 12.5. The van der Waals surface area contributed by atoms with E-state index in [1.807, 2.05) is 6.92 Å². The third-order valence-electron chi connectivity index (χ3n) is 3.83. The van der Waals surface area contributed by atoms with E-state index in [2.05, 4.69) is 6.92 Å². The van der Waals surface area contributed by atoms with Crippen LogP contribution in [0.25, 0.3) is 0 Å². The molecule has 2 unspecified atom stereocenters. The number of hydrogen-bond acceptors (Lipinski definition) is 3. The van der Waals surface area contributed by atoms with Crippen LogP contribution in [0, 0.1) is 5.92 Å². The summed E-state index contributed by atoms with van der Waals surface area (Å²) in [6.45, 7) is 5.80. The molecule has 1 heterocycles. The van der Waals surface area contributed by atoms with Gasteiger partial charge in [0.1, 0.15) is 0 Å². The van der Waals surface area contributed by atoms with Gasteiger partial charge in [-0.05, 0) is 38.6 Å². The lowest BCUT2D eigenvalue weighted by molar-refractivity contribution is 0.245. The zero-order valence-electron chi connectivity index (χ0n) is 11.8. The Kier molecular flexibility index (Phi) is 6.04. The molecule has 6 heteroatoms. The first-order valence-electron chi connectivity index (χ1n) is 6.86. The molecule has 0 radical (unpaired) electrons. The average molecular weight is 277 g/mol. The topological polar surface area (TPSA) is 66.6 Å². The van der Waals surface area contributed by atoms with Crippen molar-refractivity contribution in [3.63, 3.8) is 0 Å². The molecule has 1 saturated heterocycles. The molecule has 1 rings (SSSR count). The van der Waals surface area contributed by atoms with Crippen molar-refractivity contribution in [2.75, 3.05) is 26.7 Å². The molecule has 108 valence electrons. The van der Waals surface area contributed by atoms with Gasteiger partial charge in [0.25, 0.3) is 10.2 Å². The number of nitrogens with two attached hydrogens (primary N) is 1. The van der Waals surface area contributed by atoms with Crippen molar-refractivity contribution in [2.24, 2.45) is 11.7 Å². The summed E-state index contributed by atoms with van der Waals surface area (Å²) < 4.78 is 28.1. The van der Waals surface area contributed by atoms with Crippen LogP contribution in [0.2, 0.25) is 0 Å². The fraction of sp³-hybridized carbons (Fsp3) is 1.00. The summed E-state index contributed by atoms with van der Waals surface area (Å²) in [5, 5.41) is 0. The number of piperidine rings is 1. The predicted octanol–water partition coefficient (Wildman–Crippen LogP) is 1.02. The van der Waals surface area contributed by atoms with E-state index in [1.165, 1.54) is 4.31 Å². The van der Waals surface area contributed by atoms with Gasteiger partial charge in [-0.2, -0.15) is 17.0 Å². The lowest BCUT2D eigenvalue weighted by atomic mass is 10.0. The Morgan fingerprint density at radius 1 is 1.50 bits per heavy atom. The van der Waals surface area contributed by atoms with Crippen LogP contribution in [0.4, 0.5) is 0 Å². The predicted molar refractivity (Wildman–Crippen MR) is 74.4 cm³/mol. The highest BCUT2D eigenvalue weighted by Gasteiger charge is 2.33. The third kappa shape index (κ3) is 3.66. The van der Waals surface area contributed by atoms with Crippen molar-refractivity contribution < 1.29 is 8.42 Å². The summed E-state index contributed by atoms with van der Waals surface area (Å²) in [6.07, 6.45) is 3.84. The van der Waals surface area contributed by atoms with Crippen LogP contribution < -0.4 is 5.73 Å². The Hall–Kier alpha value is -0.170. The van der Waals surface area contributed by atoms with E-state index >= 15 is 0 Å². The highest BCUT2D eigenvalue weighted by atomic mass is 32.2. The van der Waals surface area contributed by atoms with E-state index in [9.17, 15) is 8.42 Å². The molecule has 0 saturated carbocycles. The van der Waals surface area contributed by atoms with Gasteiger partial charge in [0.2, 0.25) is 0 Å². The van der Waals surface area contributed by atoms with Crippen LogP contribution in [-0.2, 0) is 10.2 Å². The van der Waals surface area contributed by atoms with Crippen LogP contribution in [0.5, 0.6) is 0 Å². The molecule has 0 amide bonds. The highest BCUT2D eigenvalue weighted by Crippen LogP contribution is 2.21. The largest absolute Gasteiger partial charge is 0.330 e. The van der Waals surface area contributed by atoms with E-state index in [1.54, 1.807) is 11.4 Å². The second kappa shape index (κ2) is 6.84. The molecule has 1 aliphatic rings. The first kappa shape index (κ1) is 15.9. The molecule has 5 nitrogen and oxygen atoms in total. The maximum Gasteiger partial charge on any atom is 0.281 e. The zero-order chi connectivity index (χ0) is 13.8. The Labute approximate surface area is 112 Å². The average Bonchev–Trinajstić information content (AvgIpc) is 2.38. The minimum atomic E-state index is -3.32. The lowest BCUT2D eigenvalue weighted by Gasteiger charge is -2.35. The van der Waals surface area contributed by atoms with Gasteiger partial charge < -0.3 is 5.73 Å². The quantitative estimate of drug-likeness (QED) is 0.788. The van der Waals surface area contributed by atoms with Crippen LogP contribution in [-0.4, -0.2) is 49.8 Å². The van der Waals surface area contributed by atoms with Gasteiger partial charge in [0, 0.05) is 26.2 Å². The molecule has 0 aromatic heterocycles. The summed E-state index contributed by atoms with van der Waals surface area (Å²) in [5.74, 6) is 0.309. The molecule has 18 heavy (non-hydrogen) atoms. The smallest absolute Gasteiger partial charge is 0.281 e. The summed E-state index contributed by atoms with van der Waals surface area (Å²) in [7, 11) is -1.63. The molecular weight excluding hydrogens is 250 g/mol. The molecule has 0 aromatic carbocycles. The number of hydrogen-bond donors (Lipinski definition) is 1. The van der Waals surface area contributed by atoms with Crippen molar-refractivity contribution in [1.29, 1.82) is 0 Å².